The van der Waals surface area contributed by atoms with Crippen molar-refractivity contribution in [3.05, 3.63) is 0 Å². The highest BCUT2D eigenvalue weighted by atomic mass is 32.2. The first-order chi connectivity index (χ1) is 11.7. The van der Waals surface area contributed by atoms with Crippen LogP contribution in [-0.4, -0.2) is 59.5 Å². The van der Waals surface area contributed by atoms with Gasteiger partial charge in [-0.15, -0.1) is 0 Å². The first-order valence-corrected chi connectivity index (χ1v) is 10.9. The number of hydrogen-bond donors (Lipinski definition) is 3. The van der Waals surface area contributed by atoms with E-state index in [2.05, 4.69) is 41.1 Å². The summed E-state index contributed by atoms with van der Waals surface area (Å²) in [6.07, 6.45) is 3.21. The van der Waals surface area contributed by atoms with E-state index in [4.69, 9.17) is 4.74 Å². The lowest BCUT2D eigenvalue weighted by molar-refractivity contribution is -0.0835. The van der Waals surface area contributed by atoms with E-state index >= 15 is 0 Å². The summed E-state index contributed by atoms with van der Waals surface area (Å²) in [4.78, 5) is 4.24. The lowest BCUT2D eigenvalue weighted by Crippen LogP contribution is -2.47. The van der Waals surface area contributed by atoms with Crippen LogP contribution in [0.1, 0.15) is 47.0 Å². The number of ether oxygens (including phenoxy) is 1. The Morgan fingerprint density at radius 3 is 2.56 bits per heavy atom. The summed E-state index contributed by atoms with van der Waals surface area (Å²) in [6.45, 7) is 11.1. The largest absolute Gasteiger partial charge is 0.377 e. The molecule has 25 heavy (non-hydrogen) atoms. The maximum Gasteiger partial charge on any atom is 0.211 e. The van der Waals surface area contributed by atoms with Crippen molar-refractivity contribution in [3.8, 4) is 0 Å². The van der Waals surface area contributed by atoms with Crippen molar-refractivity contribution in [2.24, 2.45) is 16.3 Å². The molecular formula is C17H36N4O3S. The summed E-state index contributed by atoms with van der Waals surface area (Å²) in [6, 6.07) is 0. The molecule has 0 aromatic rings. The van der Waals surface area contributed by atoms with E-state index in [1.54, 1.807) is 14.0 Å². The summed E-state index contributed by atoms with van der Waals surface area (Å²) in [7, 11) is -1.36. The van der Waals surface area contributed by atoms with Crippen LogP contribution in [0.5, 0.6) is 0 Å². The van der Waals surface area contributed by atoms with Gasteiger partial charge < -0.3 is 15.4 Å². The number of aliphatic imine (C=N–C) groups is 1. The molecule has 3 N–H and O–H groups in total. The molecule has 1 fully saturated rings. The molecule has 1 aliphatic heterocycles. The average molecular weight is 377 g/mol. The molecule has 0 aromatic heterocycles. The Labute approximate surface area is 153 Å². The Bertz CT molecular complexity index is 514. The van der Waals surface area contributed by atoms with Crippen LogP contribution in [0.4, 0.5) is 0 Å². The molecule has 1 heterocycles. The predicted octanol–water partition coefficient (Wildman–Crippen LogP) is 1.32. The van der Waals surface area contributed by atoms with Gasteiger partial charge in [0.2, 0.25) is 10.0 Å². The molecule has 0 saturated carbocycles. The number of rotatable bonds is 8. The van der Waals surface area contributed by atoms with E-state index in [0.717, 1.165) is 32.0 Å². The first kappa shape index (κ1) is 22.2. The van der Waals surface area contributed by atoms with Crippen LogP contribution in [0, 0.1) is 11.3 Å². The van der Waals surface area contributed by atoms with Gasteiger partial charge in [0.15, 0.2) is 5.96 Å². The van der Waals surface area contributed by atoms with Gasteiger partial charge in [0, 0.05) is 39.2 Å². The molecule has 2 unspecified atom stereocenters. The van der Waals surface area contributed by atoms with Crippen LogP contribution < -0.4 is 15.4 Å². The number of guanidine groups is 1. The molecule has 0 aromatic carbocycles. The van der Waals surface area contributed by atoms with Gasteiger partial charge in [0.25, 0.3) is 0 Å². The maximum absolute atomic E-state index is 11.4. The van der Waals surface area contributed by atoms with Gasteiger partial charge in [-0.25, -0.2) is 13.1 Å². The molecule has 0 amide bonds. The van der Waals surface area contributed by atoms with Crippen molar-refractivity contribution in [1.29, 1.82) is 0 Å². The van der Waals surface area contributed by atoms with Gasteiger partial charge in [-0.1, -0.05) is 20.8 Å². The minimum absolute atomic E-state index is 0.113. The maximum atomic E-state index is 11.4. The average Bonchev–Trinajstić information content (AvgIpc) is 2.56. The fraction of sp³-hybridized carbons (Fsp3) is 0.941. The van der Waals surface area contributed by atoms with Crippen LogP contribution in [0.15, 0.2) is 4.99 Å². The summed E-state index contributed by atoms with van der Waals surface area (Å²) in [5.74, 6) is 1.32. The van der Waals surface area contributed by atoms with Gasteiger partial charge in [-0.05, 0) is 31.6 Å². The first-order valence-electron chi connectivity index (χ1n) is 9.23. The topological polar surface area (TPSA) is 91.8 Å². The molecule has 1 saturated heterocycles. The van der Waals surface area contributed by atoms with Crippen molar-refractivity contribution in [3.63, 3.8) is 0 Å². The second-order valence-corrected chi connectivity index (χ2v) is 9.69. The molecule has 1 rings (SSSR count). The molecule has 148 valence electrons. The Kier molecular flexibility index (Phi) is 9.16. The molecule has 7 nitrogen and oxygen atoms in total. The van der Waals surface area contributed by atoms with E-state index in [1.165, 1.54) is 0 Å². The van der Waals surface area contributed by atoms with Crippen molar-refractivity contribution in [1.82, 2.24) is 15.4 Å². The van der Waals surface area contributed by atoms with E-state index in [0.29, 0.717) is 25.4 Å². The molecule has 0 bridgehead atoms. The number of nitrogens with one attached hydrogen (secondary N) is 3. The predicted molar refractivity (Wildman–Crippen MR) is 103 cm³/mol. The van der Waals surface area contributed by atoms with Gasteiger partial charge in [-0.2, -0.15) is 0 Å². The van der Waals surface area contributed by atoms with Crippen LogP contribution in [-0.2, 0) is 14.8 Å². The van der Waals surface area contributed by atoms with E-state index < -0.39 is 10.0 Å². The second kappa shape index (κ2) is 10.3. The van der Waals surface area contributed by atoms with E-state index in [-0.39, 0.29) is 17.3 Å². The van der Waals surface area contributed by atoms with Gasteiger partial charge >= 0.3 is 0 Å². The molecule has 2 atom stereocenters. The minimum atomic E-state index is -3.11. The summed E-state index contributed by atoms with van der Waals surface area (Å²) < 4.78 is 31.3. The number of sulfonamides is 1. The third kappa shape index (κ3) is 8.37. The Morgan fingerprint density at radius 1 is 1.24 bits per heavy atom. The normalized spacial score (nSPS) is 22.7. The Morgan fingerprint density at radius 2 is 1.96 bits per heavy atom. The Balaban J connectivity index is 2.34. The van der Waals surface area contributed by atoms with Crippen molar-refractivity contribution < 1.29 is 13.2 Å². The quantitative estimate of drug-likeness (QED) is 0.338. The minimum Gasteiger partial charge on any atom is -0.377 e. The van der Waals surface area contributed by atoms with Crippen molar-refractivity contribution in [2.45, 2.75) is 53.1 Å². The zero-order chi connectivity index (χ0) is 18.9. The fourth-order valence-corrected chi connectivity index (χ4v) is 3.74. The second-order valence-electron chi connectivity index (χ2n) is 7.59. The van der Waals surface area contributed by atoms with Crippen LogP contribution in [0.2, 0.25) is 0 Å². The highest BCUT2D eigenvalue weighted by Crippen LogP contribution is 2.33. The van der Waals surface area contributed by atoms with Crippen LogP contribution >= 0.6 is 0 Å². The van der Waals surface area contributed by atoms with Gasteiger partial charge in [0.1, 0.15) is 0 Å². The number of nitrogens with zero attached hydrogens (tertiary/aromatic N) is 1. The monoisotopic (exact) mass is 376 g/mol. The van der Waals surface area contributed by atoms with E-state index in [1.807, 2.05) is 0 Å². The van der Waals surface area contributed by atoms with Crippen molar-refractivity contribution >= 4 is 16.0 Å². The molecule has 1 aliphatic rings. The zero-order valence-electron chi connectivity index (χ0n) is 16.4. The summed E-state index contributed by atoms with van der Waals surface area (Å²) in [5, 5.41) is 6.61. The molecule has 0 aliphatic carbocycles. The van der Waals surface area contributed by atoms with E-state index in [9.17, 15) is 8.42 Å². The summed E-state index contributed by atoms with van der Waals surface area (Å²) >= 11 is 0. The van der Waals surface area contributed by atoms with Gasteiger partial charge in [-0.3, -0.25) is 4.99 Å². The lowest BCUT2D eigenvalue weighted by atomic mass is 9.78. The van der Waals surface area contributed by atoms with Crippen LogP contribution in [0.3, 0.4) is 0 Å². The number of hydrogen-bond acceptors (Lipinski definition) is 4. The highest BCUT2D eigenvalue weighted by Gasteiger charge is 2.35. The highest BCUT2D eigenvalue weighted by molar-refractivity contribution is 7.89. The van der Waals surface area contributed by atoms with Crippen LogP contribution in [0.25, 0.3) is 0 Å². The summed E-state index contributed by atoms with van der Waals surface area (Å²) in [5.41, 5.74) is 0.125. The molecular weight excluding hydrogens is 340 g/mol. The standard InChI is InChI=1S/C17H36N4O3S/c1-6-25(22,23)21-11-8-10-19-16(18-5)20-13-14-9-7-12-24-15(14)17(2,3)4/h14-15,21H,6-13H2,1-5H3,(H2,18,19,20). The smallest absolute Gasteiger partial charge is 0.211 e. The molecule has 8 heteroatoms. The molecule has 0 spiro atoms. The lowest BCUT2D eigenvalue weighted by Gasteiger charge is -2.40. The SMILES string of the molecule is CCS(=O)(=O)NCCCNC(=NC)NCC1CCCOC1C(C)(C)C. The Hall–Kier alpha value is -0.860. The third-order valence-electron chi connectivity index (χ3n) is 4.40. The van der Waals surface area contributed by atoms with Gasteiger partial charge in [0.05, 0.1) is 11.9 Å². The van der Waals surface area contributed by atoms with Crippen molar-refractivity contribution in [2.75, 3.05) is 39.0 Å². The third-order valence-corrected chi connectivity index (χ3v) is 5.81. The zero-order valence-corrected chi connectivity index (χ0v) is 17.2. The molecule has 0 radical (unpaired) electrons. The fourth-order valence-electron chi connectivity index (χ4n) is 3.08.